The number of carbonyl (C=O) groups is 1. The van der Waals surface area contributed by atoms with E-state index in [1.54, 1.807) is 13.1 Å². The zero-order valence-electron chi connectivity index (χ0n) is 11.2. The number of aromatic nitrogens is 2. The smallest absolute Gasteiger partial charge is 0.246 e. The van der Waals surface area contributed by atoms with Crippen molar-refractivity contribution in [3.8, 4) is 0 Å². The standard InChI is InChI=1S/C14H16ClN3O/c1-9-5-4-6-13(10(9)2)16-14(19)8-18-7-12(15)11(3)17-18/h4-7H,8H2,1-3H3,(H,16,19). The van der Waals surface area contributed by atoms with Crippen LogP contribution in [-0.4, -0.2) is 15.7 Å². The molecule has 4 nitrogen and oxygen atoms in total. The third-order valence-corrected chi connectivity index (χ3v) is 3.44. The van der Waals surface area contributed by atoms with E-state index in [9.17, 15) is 4.79 Å². The van der Waals surface area contributed by atoms with Crippen LogP contribution >= 0.6 is 11.6 Å². The SMILES string of the molecule is Cc1cccc(NC(=O)Cn2cc(Cl)c(C)n2)c1C. The highest BCUT2D eigenvalue weighted by Gasteiger charge is 2.09. The Morgan fingerprint density at radius 1 is 1.37 bits per heavy atom. The van der Waals surface area contributed by atoms with Gasteiger partial charge in [0.25, 0.3) is 0 Å². The highest BCUT2D eigenvalue weighted by atomic mass is 35.5. The molecule has 2 rings (SSSR count). The van der Waals surface area contributed by atoms with Crippen molar-refractivity contribution in [2.75, 3.05) is 5.32 Å². The summed E-state index contributed by atoms with van der Waals surface area (Å²) in [4.78, 5) is 12.0. The van der Waals surface area contributed by atoms with Gasteiger partial charge in [-0.3, -0.25) is 9.48 Å². The number of nitrogens with zero attached hydrogens (tertiary/aromatic N) is 2. The number of benzene rings is 1. The Hall–Kier alpha value is -1.81. The van der Waals surface area contributed by atoms with Gasteiger partial charge in [-0.05, 0) is 38.0 Å². The van der Waals surface area contributed by atoms with Crippen LogP contribution in [0.1, 0.15) is 16.8 Å². The number of hydrogen-bond donors (Lipinski definition) is 1. The van der Waals surface area contributed by atoms with Gasteiger partial charge in [-0.15, -0.1) is 0 Å². The first-order valence-electron chi connectivity index (χ1n) is 6.03. The van der Waals surface area contributed by atoms with Gasteiger partial charge < -0.3 is 5.32 Å². The molecule has 0 aliphatic rings. The summed E-state index contributed by atoms with van der Waals surface area (Å²) in [6.07, 6.45) is 1.65. The average molecular weight is 278 g/mol. The molecule has 0 unspecified atom stereocenters. The van der Waals surface area contributed by atoms with E-state index >= 15 is 0 Å². The van der Waals surface area contributed by atoms with Crippen LogP contribution in [0.2, 0.25) is 5.02 Å². The molecule has 0 aliphatic carbocycles. The molecule has 1 heterocycles. The van der Waals surface area contributed by atoms with Gasteiger partial charge in [-0.2, -0.15) is 5.10 Å². The minimum atomic E-state index is -0.118. The molecule has 1 aromatic heterocycles. The molecule has 2 aromatic rings. The number of halogens is 1. The van der Waals surface area contributed by atoms with E-state index in [-0.39, 0.29) is 12.5 Å². The van der Waals surface area contributed by atoms with Crippen LogP contribution in [-0.2, 0) is 11.3 Å². The monoisotopic (exact) mass is 277 g/mol. The van der Waals surface area contributed by atoms with Crippen molar-refractivity contribution in [2.24, 2.45) is 0 Å². The van der Waals surface area contributed by atoms with Crippen molar-refractivity contribution in [1.29, 1.82) is 0 Å². The van der Waals surface area contributed by atoms with Crippen LogP contribution < -0.4 is 5.32 Å². The highest BCUT2D eigenvalue weighted by Crippen LogP contribution is 2.18. The lowest BCUT2D eigenvalue weighted by Crippen LogP contribution is -2.19. The van der Waals surface area contributed by atoms with Gasteiger partial charge in [-0.1, -0.05) is 23.7 Å². The maximum absolute atomic E-state index is 12.0. The third-order valence-electron chi connectivity index (χ3n) is 3.07. The topological polar surface area (TPSA) is 46.9 Å². The second-order valence-corrected chi connectivity index (χ2v) is 4.96. The molecule has 0 atom stereocenters. The number of carbonyl (C=O) groups excluding carboxylic acids is 1. The molecule has 1 aromatic carbocycles. The Balaban J connectivity index is 2.07. The zero-order valence-corrected chi connectivity index (χ0v) is 12.0. The fourth-order valence-corrected chi connectivity index (χ4v) is 1.95. The maximum atomic E-state index is 12.0. The van der Waals surface area contributed by atoms with Gasteiger partial charge in [0, 0.05) is 11.9 Å². The molecule has 0 bridgehead atoms. The van der Waals surface area contributed by atoms with Crippen LogP contribution in [0, 0.1) is 20.8 Å². The van der Waals surface area contributed by atoms with Crippen LogP contribution in [0.5, 0.6) is 0 Å². The highest BCUT2D eigenvalue weighted by molar-refractivity contribution is 6.31. The van der Waals surface area contributed by atoms with Crippen molar-refractivity contribution in [3.63, 3.8) is 0 Å². The number of amides is 1. The molecule has 0 radical (unpaired) electrons. The summed E-state index contributed by atoms with van der Waals surface area (Å²) >= 11 is 5.90. The fraction of sp³-hybridized carbons (Fsp3) is 0.286. The molecule has 1 N–H and O–H groups in total. The third kappa shape index (κ3) is 3.15. The molecule has 100 valence electrons. The molecule has 0 spiro atoms. The van der Waals surface area contributed by atoms with Gasteiger partial charge in [-0.25, -0.2) is 0 Å². The summed E-state index contributed by atoms with van der Waals surface area (Å²) in [7, 11) is 0. The van der Waals surface area contributed by atoms with E-state index in [0.29, 0.717) is 5.02 Å². The second kappa shape index (κ2) is 5.45. The Bertz CT molecular complexity index is 600. The summed E-state index contributed by atoms with van der Waals surface area (Å²) < 4.78 is 1.54. The number of aryl methyl sites for hydroxylation is 2. The van der Waals surface area contributed by atoms with Gasteiger partial charge in [0.1, 0.15) is 6.54 Å². The van der Waals surface area contributed by atoms with E-state index in [1.165, 1.54) is 4.68 Å². The quantitative estimate of drug-likeness (QED) is 0.937. The predicted octanol–water partition coefficient (Wildman–Crippen LogP) is 3.10. The first-order chi connectivity index (χ1) is 8.97. The number of hydrogen-bond acceptors (Lipinski definition) is 2. The van der Waals surface area contributed by atoms with Crippen LogP contribution in [0.4, 0.5) is 5.69 Å². The lowest BCUT2D eigenvalue weighted by Gasteiger charge is -2.10. The van der Waals surface area contributed by atoms with Gasteiger partial charge >= 0.3 is 0 Å². The van der Waals surface area contributed by atoms with Crippen LogP contribution in [0.25, 0.3) is 0 Å². The van der Waals surface area contributed by atoms with Crippen LogP contribution in [0.15, 0.2) is 24.4 Å². The molecular formula is C14H16ClN3O. The molecular weight excluding hydrogens is 262 g/mol. The first kappa shape index (κ1) is 13.6. The molecule has 0 saturated heterocycles. The van der Waals surface area contributed by atoms with E-state index in [2.05, 4.69) is 10.4 Å². The molecule has 5 heteroatoms. The maximum Gasteiger partial charge on any atom is 0.246 e. The number of nitrogens with one attached hydrogen (secondary N) is 1. The summed E-state index contributed by atoms with van der Waals surface area (Å²) in [5, 5.41) is 7.61. The fourth-order valence-electron chi connectivity index (χ4n) is 1.80. The minimum absolute atomic E-state index is 0.118. The van der Waals surface area contributed by atoms with Gasteiger partial charge in [0.15, 0.2) is 0 Å². The minimum Gasteiger partial charge on any atom is -0.324 e. The number of rotatable bonds is 3. The Kier molecular flexibility index (Phi) is 3.90. The average Bonchev–Trinajstić information content (AvgIpc) is 2.64. The van der Waals surface area contributed by atoms with E-state index in [0.717, 1.165) is 22.5 Å². The van der Waals surface area contributed by atoms with Crippen molar-refractivity contribution in [2.45, 2.75) is 27.3 Å². The van der Waals surface area contributed by atoms with Gasteiger partial charge in [0.2, 0.25) is 5.91 Å². The van der Waals surface area contributed by atoms with Crippen molar-refractivity contribution < 1.29 is 4.79 Å². The largest absolute Gasteiger partial charge is 0.324 e. The predicted molar refractivity (Wildman–Crippen MR) is 76.5 cm³/mol. The van der Waals surface area contributed by atoms with Crippen LogP contribution in [0.3, 0.4) is 0 Å². The zero-order chi connectivity index (χ0) is 14.0. The molecule has 0 fully saturated rings. The van der Waals surface area contributed by atoms with Crippen molar-refractivity contribution >= 4 is 23.2 Å². The molecule has 0 saturated carbocycles. The molecule has 0 aliphatic heterocycles. The summed E-state index contributed by atoms with van der Waals surface area (Å²) in [6.45, 7) is 5.96. The van der Waals surface area contributed by atoms with Crippen molar-refractivity contribution in [3.05, 3.63) is 46.2 Å². The van der Waals surface area contributed by atoms with E-state index < -0.39 is 0 Å². The number of anilines is 1. The molecule has 19 heavy (non-hydrogen) atoms. The molecule has 1 amide bonds. The van der Waals surface area contributed by atoms with Gasteiger partial charge in [0.05, 0.1) is 10.7 Å². The Morgan fingerprint density at radius 3 is 2.74 bits per heavy atom. The van der Waals surface area contributed by atoms with Crippen molar-refractivity contribution in [1.82, 2.24) is 9.78 Å². The summed E-state index contributed by atoms with van der Waals surface area (Å²) in [5.41, 5.74) is 3.78. The first-order valence-corrected chi connectivity index (χ1v) is 6.41. The normalized spacial score (nSPS) is 10.5. The lowest BCUT2D eigenvalue weighted by molar-refractivity contribution is -0.116. The summed E-state index contributed by atoms with van der Waals surface area (Å²) in [6, 6.07) is 5.83. The second-order valence-electron chi connectivity index (χ2n) is 4.56. The summed E-state index contributed by atoms with van der Waals surface area (Å²) in [5.74, 6) is -0.118. The Labute approximate surface area is 117 Å². The Morgan fingerprint density at radius 2 is 2.11 bits per heavy atom. The lowest BCUT2D eigenvalue weighted by atomic mass is 10.1. The van der Waals surface area contributed by atoms with E-state index in [1.807, 2.05) is 32.0 Å². The van der Waals surface area contributed by atoms with E-state index in [4.69, 9.17) is 11.6 Å².